The van der Waals surface area contributed by atoms with Gasteiger partial charge in [0.05, 0.1) is 0 Å². The van der Waals surface area contributed by atoms with Gasteiger partial charge in [-0.05, 0) is 41.8 Å². The van der Waals surface area contributed by atoms with E-state index in [2.05, 4.69) is 29.2 Å². The van der Waals surface area contributed by atoms with E-state index in [4.69, 9.17) is 10.5 Å². The predicted octanol–water partition coefficient (Wildman–Crippen LogP) is 2.71. The number of rotatable bonds is 4. The number of nitrogen functional groups attached to an aromatic ring is 1. The maximum atomic E-state index is 5.75. The lowest BCUT2D eigenvalue weighted by molar-refractivity contribution is 0.196. The summed E-state index contributed by atoms with van der Waals surface area (Å²) in [5.41, 5.74) is 9.36. The van der Waals surface area contributed by atoms with Crippen LogP contribution in [0.1, 0.15) is 11.1 Å². The van der Waals surface area contributed by atoms with Crippen LogP contribution < -0.4 is 10.5 Å². The zero-order valence-corrected chi connectivity index (χ0v) is 11.6. The number of nitrogens with zero attached hydrogens (tertiary/aromatic N) is 1. The van der Waals surface area contributed by atoms with Gasteiger partial charge in [0, 0.05) is 25.3 Å². The number of ether oxygens (including phenoxy) is 1. The molecular weight excluding hydrogens is 248 g/mol. The maximum absolute atomic E-state index is 5.75. The smallest absolute Gasteiger partial charge is 0.119 e. The Kier molecular flexibility index (Phi) is 3.88. The Labute approximate surface area is 120 Å². The van der Waals surface area contributed by atoms with Gasteiger partial charge in [0.1, 0.15) is 12.4 Å². The normalized spacial score (nSPS) is 14.8. The van der Waals surface area contributed by atoms with Crippen molar-refractivity contribution in [2.24, 2.45) is 0 Å². The SMILES string of the molecule is Nc1ccc(OCCN2CCc3ccccc3C2)cc1. The molecule has 0 bridgehead atoms. The second-order valence-corrected chi connectivity index (χ2v) is 5.21. The molecule has 0 amide bonds. The first-order valence-electron chi connectivity index (χ1n) is 7.09. The standard InChI is InChI=1S/C17H20N2O/c18-16-5-7-17(8-6-16)20-12-11-19-10-9-14-3-1-2-4-15(14)13-19/h1-8H,9-13,18H2. The predicted molar refractivity (Wildman–Crippen MR) is 81.8 cm³/mol. The third-order valence-corrected chi connectivity index (χ3v) is 3.77. The van der Waals surface area contributed by atoms with Gasteiger partial charge < -0.3 is 10.5 Å². The van der Waals surface area contributed by atoms with Crippen molar-refractivity contribution in [2.75, 3.05) is 25.4 Å². The monoisotopic (exact) mass is 268 g/mol. The van der Waals surface area contributed by atoms with Crippen molar-refractivity contribution in [1.82, 2.24) is 4.90 Å². The summed E-state index contributed by atoms with van der Waals surface area (Å²) in [6.07, 6.45) is 1.14. The Morgan fingerprint density at radius 2 is 1.75 bits per heavy atom. The van der Waals surface area contributed by atoms with Gasteiger partial charge in [0.15, 0.2) is 0 Å². The fourth-order valence-corrected chi connectivity index (χ4v) is 2.60. The van der Waals surface area contributed by atoms with Gasteiger partial charge in [-0.2, -0.15) is 0 Å². The Hall–Kier alpha value is -2.00. The molecule has 0 aliphatic carbocycles. The molecule has 104 valence electrons. The minimum atomic E-state index is 0.714. The Bertz CT molecular complexity index is 565. The van der Waals surface area contributed by atoms with Crippen molar-refractivity contribution >= 4 is 5.69 Å². The number of nitrogens with two attached hydrogens (primary N) is 1. The zero-order valence-electron chi connectivity index (χ0n) is 11.6. The molecule has 20 heavy (non-hydrogen) atoms. The number of fused-ring (bicyclic) bond motifs is 1. The molecule has 0 radical (unpaired) electrons. The second-order valence-electron chi connectivity index (χ2n) is 5.21. The topological polar surface area (TPSA) is 38.5 Å². The lowest BCUT2D eigenvalue weighted by Gasteiger charge is -2.28. The van der Waals surface area contributed by atoms with Crippen LogP contribution in [0.3, 0.4) is 0 Å². The first-order chi connectivity index (χ1) is 9.81. The lowest BCUT2D eigenvalue weighted by atomic mass is 10.0. The third-order valence-electron chi connectivity index (χ3n) is 3.77. The third kappa shape index (κ3) is 3.11. The van der Waals surface area contributed by atoms with Crippen molar-refractivity contribution in [3.05, 3.63) is 59.7 Å². The van der Waals surface area contributed by atoms with Crippen LogP contribution in [0.25, 0.3) is 0 Å². The zero-order chi connectivity index (χ0) is 13.8. The van der Waals surface area contributed by atoms with Gasteiger partial charge in [-0.3, -0.25) is 4.90 Å². The van der Waals surface area contributed by atoms with E-state index >= 15 is 0 Å². The van der Waals surface area contributed by atoms with Gasteiger partial charge in [-0.15, -0.1) is 0 Å². The minimum Gasteiger partial charge on any atom is -0.492 e. The van der Waals surface area contributed by atoms with Crippen LogP contribution in [0.2, 0.25) is 0 Å². The van der Waals surface area contributed by atoms with E-state index in [1.54, 1.807) is 0 Å². The molecule has 0 atom stereocenters. The highest BCUT2D eigenvalue weighted by molar-refractivity contribution is 5.41. The van der Waals surface area contributed by atoms with Crippen LogP contribution >= 0.6 is 0 Å². The molecule has 2 aromatic rings. The first kappa shape index (κ1) is 13.0. The average molecular weight is 268 g/mol. The maximum Gasteiger partial charge on any atom is 0.119 e. The van der Waals surface area contributed by atoms with Gasteiger partial charge in [0.25, 0.3) is 0 Å². The van der Waals surface area contributed by atoms with E-state index in [1.807, 2.05) is 24.3 Å². The molecule has 0 saturated carbocycles. The molecule has 3 heteroatoms. The largest absolute Gasteiger partial charge is 0.492 e. The van der Waals surface area contributed by atoms with Gasteiger partial charge >= 0.3 is 0 Å². The average Bonchev–Trinajstić information content (AvgIpc) is 2.49. The molecule has 1 heterocycles. The number of benzene rings is 2. The number of hydrogen-bond donors (Lipinski definition) is 1. The molecule has 1 aliphatic heterocycles. The van der Waals surface area contributed by atoms with E-state index in [9.17, 15) is 0 Å². The van der Waals surface area contributed by atoms with E-state index < -0.39 is 0 Å². The summed E-state index contributed by atoms with van der Waals surface area (Å²) in [5, 5.41) is 0. The quantitative estimate of drug-likeness (QED) is 0.866. The van der Waals surface area contributed by atoms with Crippen LogP contribution in [0.15, 0.2) is 48.5 Å². The summed E-state index contributed by atoms with van der Waals surface area (Å²) in [7, 11) is 0. The molecule has 0 fully saturated rings. The molecule has 0 spiro atoms. The van der Waals surface area contributed by atoms with Crippen LogP contribution in [0, 0.1) is 0 Å². The summed E-state index contributed by atoms with van der Waals surface area (Å²) >= 11 is 0. The van der Waals surface area contributed by atoms with Gasteiger partial charge in [-0.25, -0.2) is 0 Å². The van der Waals surface area contributed by atoms with Gasteiger partial charge in [-0.1, -0.05) is 24.3 Å². The highest BCUT2D eigenvalue weighted by Crippen LogP contribution is 2.18. The highest BCUT2D eigenvalue weighted by atomic mass is 16.5. The molecular formula is C17H20N2O. The van der Waals surface area contributed by atoms with Crippen LogP contribution in [0.5, 0.6) is 5.75 Å². The molecule has 3 rings (SSSR count). The summed E-state index contributed by atoms with van der Waals surface area (Å²) in [6, 6.07) is 16.3. The fraction of sp³-hybridized carbons (Fsp3) is 0.294. The van der Waals surface area contributed by atoms with E-state index in [0.717, 1.165) is 37.5 Å². The number of anilines is 1. The second kappa shape index (κ2) is 5.97. The lowest BCUT2D eigenvalue weighted by Crippen LogP contribution is -2.33. The molecule has 3 nitrogen and oxygen atoms in total. The molecule has 0 unspecified atom stereocenters. The Morgan fingerprint density at radius 1 is 1.00 bits per heavy atom. The molecule has 0 aromatic heterocycles. The Morgan fingerprint density at radius 3 is 2.55 bits per heavy atom. The van der Waals surface area contributed by atoms with Crippen LogP contribution in [0.4, 0.5) is 5.69 Å². The first-order valence-corrected chi connectivity index (χ1v) is 7.09. The minimum absolute atomic E-state index is 0.714. The molecule has 2 aromatic carbocycles. The van der Waals surface area contributed by atoms with E-state index in [0.29, 0.717) is 6.61 Å². The van der Waals surface area contributed by atoms with Crippen molar-refractivity contribution < 1.29 is 4.74 Å². The fourth-order valence-electron chi connectivity index (χ4n) is 2.60. The summed E-state index contributed by atoms with van der Waals surface area (Å²) in [6.45, 7) is 3.81. The summed E-state index contributed by atoms with van der Waals surface area (Å²) in [4.78, 5) is 2.44. The van der Waals surface area contributed by atoms with E-state index in [1.165, 1.54) is 11.1 Å². The van der Waals surface area contributed by atoms with Crippen LogP contribution in [-0.2, 0) is 13.0 Å². The van der Waals surface area contributed by atoms with Crippen molar-refractivity contribution in [3.63, 3.8) is 0 Å². The highest BCUT2D eigenvalue weighted by Gasteiger charge is 2.15. The van der Waals surface area contributed by atoms with Crippen molar-refractivity contribution in [2.45, 2.75) is 13.0 Å². The summed E-state index contributed by atoms with van der Waals surface area (Å²) < 4.78 is 5.75. The van der Waals surface area contributed by atoms with Crippen molar-refractivity contribution in [1.29, 1.82) is 0 Å². The van der Waals surface area contributed by atoms with Gasteiger partial charge in [0.2, 0.25) is 0 Å². The summed E-state index contributed by atoms with van der Waals surface area (Å²) in [5.74, 6) is 0.886. The molecule has 2 N–H and O–H groups in total. The Balaban J connectivity index is 1.49. The molecule has 0 saturated heterocycles. The van der Waals surface area contributed by atoms with Crippen molar-refractivity contribution in [3.8, 4) is 5.75 Å². The van der Waals surface area contributed by atoms with Crippen LogP contribution in [-0.4, -0.2) is 24.6 Å². The van der Waals surface area contributed by atoms with E-state index in [-0.39, 0.29) is 0 Å². The molecule has 1 aliphatic rings. The number of hydrogen-bond acceptors (Lipinski definition) is 3.